The molecule has 19 heavy (non-hydrogen) atoms. The third-order valence-corrected chi connectivity index (χ3v) is 3.66. The summed E-state index contributed by atoms with van der Waals surface area (Å²) in [5, 5.41) is 7.38. The third-order valence-electron chi connectivity index (χ3n) is 3.13. The van der Waals surface area contributed by atoms with Crippen molar-refractivity contribution in [2.24, 2.45) is 0 Å². The molecule has 6 heteroatoms. The summed E-state index contributed by atoms with van der Waals surface area (Å²) in [6.07, 6.45) is 0. The predicted octanol–water partition coefficient (Wildman–Crippen LogP) is 1.90. The molecule has 100 valence electrons. The molecule has 0 bridgehead atoms. The van der Waals surface area contributed by atoms with E-state index in [1.54, 1.807) is 0 Å². The van der Waals surface area contributed by atoms with Crippen LogP contribution in [0.2, 0.25) is 0 Å². The zero-order valence-corrected chi connectivity index (χ0v) is 12.1. The summed E-state index contributed by atoms with van der Waals surface area (Å²) in [5.41, 5.74) is 0.947. The van der Waals surface area contributed by atoms with Gasteiger partial charge in [0.1, 0.15) is 0 Å². The molecule has 1 aromatic carbocycles. The molecule has 1 saturated heterocycles. The molecule has 3 rings (SSSR count). The first-order valence-corrected chi connectivity index (χ1v) is 7.12. The molecule has 1 aliphatic rings. The summed E-state index contributed by atoms with van der Waals surface area (Å²) in [4.78, 5) is 6.78. The topological polar surface area (TPSA) is 54.2 Å². The highest BCUT2D eigenvalue weighted by Gasteiger charge is 2.14. The van der Waals surface area contributed by atoms with Gasteiger partial charge >= 0.3 is 0 Å². The van der Waals surface area contributed by atoms with Crippen LogP contribution >= 0.6 is 15.9 Å². The molecule has 2 heterocycles. The molecule has 1 fully saturated rings. The van der Waals surface area contributed by atoms with E-state index in [1.165, 1.54) is 0 Å². The lowest BCUT2D eigenvalue weighted by Gasteiger charge is -2.25. The molecule has 1 aromatic heterocycles. The highest BCUT2D eigenvalue weighted by Crippen LogP contribution is 2.20. The Hall–Kier alpha value is -1.24. The lowest BCUT2D eigenvalue weighted by molar-refractivity contribution is 0.225. The molecule has 1 N–H and O–H groups in total. The number of benzene rings is 1. The van der Waals surface area contributed by atoms with Crippen molar-refractivity contribution in [3.05, 3.63) is 34.6 Å². The molecule has 0 radical (unpaired) electrons. The summed E-state index contributed by atoms with van der Waals surface area (Å²) in [7, 11) is 0. The fourth-order valence-corrected chi connectivity index (χ4v) is 2.36. The zero-order chi connectivity index (χ0) is 13.1. The Morgan fingerprint density at radius 2 is 1.95 bits per heavy atom. The summed E-state index contributed by atoms with van der Waals surface area (Å²) < 4.78 is 6.35. The van der Waals surface area contributed by atoms with Crippen LogP contribution in [-0.2, 0) is 6.54 Å². The van der Waals surface area contributed by atoms with Crippen LogP contribution in [0.15, 0.2) is 33.3 Å². The zero-order valence-electron chi connectivity index (χ0n) is 10.5. The number of piperazine rings is 1. The molecule has 1 aliphatic heterocycles. The highest BCUT2D eigenvalue weighted by molar-refractivity contribution is 9.10. The minimum absolute atomic E-state index is 0.581. The first kappa shape index (κ1) is 12.8. The number of nitrogens with zero attached hydrogens (tertiary/aromatic N) is 3. The first-order valence-electron chi connectivity index (χ1n) is 6.33. The van der Waals surface area contributed by atoms with Crippen molar-refractivity contribution in [3.63, 3.8) is 0 Å². The van der Waals surface area contributed by atoms with Gasteiger partial charge in [-0.25, -0.2) is 0 Å². The largest absolute Gasteiger partial charge is 0.334 e. The monoisotopic (exact) mass is 322 g/mol. The van der Waals surface area contributed by atoms with Gasteiger partial charge in [-0.1, -0.05) is 21.1 Å². The molecule has 5 nitrogen and oxygen atoms in total. The summed E-state index contributed by atoms with van der Waals surface area (Å²) in [5.74, 6) is 1.33. The van der Waals surface area contributed by atoms with Gasteiger partial charge in [-0.3, -0.25) is 4.90 Å². The number of aromatic nitrogens is 2. The number of rotatable bonds is 3. The maximum absolute atomic E-state index is 5.31. The van der Waals surface area contributed by atoms with Gasteiger partial charge in [0.15, 0.2) is 5.82 Å². The third kappa shape index (κ3) is 3.20. The van der Waals surface area contributed by atoms with Crippen LogP contribution in [0.3, 0.4) is 0 Å². The Labute approximate surface area is 120 Å². The average Bonchev–Trinajstić information content (AvgIpc) is 2.89. The van der Waals surface area contributed by atoms with E-state index in [2.05, 4.69) is 36.3 Å². The standard InChI is InChI=1S/C13H15BrN4O/c14-11-3-1-10(2-4-11)13-16-12(17-19-13)9-18-7-5-15-6-8-18/h1-4,15H,5-9H2. The van der Waals surface area contributed by atoms with E-state index in [0.29, 0.717) is 5.89 Å². The lowest BCUT2D eigenvalue weighted by atomic mass is 10.2. The molecule has 0 amide bonds. The number of hydrogen-bond acceptors (Lipinski definition) is 5. The van der Waals surface area contributed by atoms with E-state index in [-0.39, 0.29) is 0 Å². The molecule has 0 spiro atoms. The predicted molar refractivity (Wildman–Crippen MR) is 75.6 cm³/mol. The quantitative estimate of drug-likeness (QED) is 0.935. The van der Waals surface area contributed by atoms with Gasteiger partial charge in [0.2, 0.25) is 0 Å². The molecule has 0 aliphatic carbocycles. The highest BCUT2D eigenvalue weighted by atomic mass is 79.9. The van der Waals surface area contributed by atoms with Crippen LogP contribution in [-0.4, -0.2) is 41.2 Å². The average molecular weight is 323 g/mol. The molecular formula is C13H15BrN4O. The molecule has 0 atom stereocenters. The van der Waals surface area contributed by atoms with E-state index >= 15 is 0 Å². The second kappa shape index (κ2) is 5.81. The van der Waals surface area contributed by atoms with Gasteiger partial charge in [-0.2, -0.15) is 4.98 Å². The number of nitrogens with one attached hydrogen (secondary N) is 1. The summed E-state index contributed by atoms with van der Waals surface area (Å²) in [6.45, 7) is 4.86. The maximum Gasteiger partial charge on any atom is 0.257 e. The normalized spacial score (nSPS) is 16.7. The van der Waals surface area contributed by atoms with Crippen molar-refractivity contribution < 1.29 is 4.52 Å². The Balaban J connectivity index is 1.70. The molecular weight excluding hydrogens is 308 g/mol. The van der Waals surface area contributed by atoms with Crippen molar-refractivity contribution in [2.45, 2.75) is 6.54 Å². The van der Waals surface area contributed by atoms with Gasteiger partial charge in [0.05, 0.1) is 6.54 Å². The van der Waals surface area contributed by atoms with E-state index in [1.807, 2.05) is 24.3 Å². The van der Waals surface area contributed by atoms with Crippen molar-refractivity contribution in [2.75, 3.05) is 26.2 Å². The SMILES string of the molecule is Brc1ccc(-c2nc(CN3CCNCC3)no2)cc1. The van der Waals surface area contributed by atoms with Crippen molar-refractivity contribution >= 4 is 15.9 Å². The van der Waals surface area contributed by atoms with Crippen molar-refractivity contribution in [1.82, 2.24) is 20.4 Å². The number of halogens is 1. The Morgan fingerprint density at radius 3 is 2.68 bits per heavy atom. The van der Waals surface area contributed by atoms with Gasteiger partial charge in [0, 0.05) is 36.2 Å². The van der Waals surface area contributed by atoms with E-state index in [9.17, 15) is 0 Å². The van der Waals surface area contributed by atoms with Crippen molar-refractivity contribution in [3.8, 4) is 11.5 Å². The Kier molecular flexibility index (Phi) is 3.91. The minimum atomic E-state index is 0.581. The maximum atomic E-state index is 5.31. The molecule has 2 aromatic rings. The minimum Gasteiger partial charge on any atom is -0.334 e. The van der Waals surface area contributed by atoms with Crippen LogP contribution in [0.5, 0.6) is 0 Å². The second-order valence-corrected chi connectivity index (χ2v) is 5.46. The van der Waals surface area contributed by atoms with Gasteiger partial charge in [0.25, 0.3) is 5.89 Å². The van der Waals surface area contributed by atoms with Crippen LogP contribution < -0.4 is 5.32 Å². The number of hydrogen-bond donors (Lipinski definition) is 1. The smallest absolute Gasteiger partial charge is 0.257 e. The Morgan fingerprint density at radius 1 is 1.21 bits per heavy atom. The molecule has 0 saturated carbocycles. The fourth-order valence-electron chi connectivity index (χ4n) is 2.10. The summed E-state index contributed by atoms with van der Waals surface area (Å²) in [6, 6.07) is 7.86. The first-order chi connectivity index (χ1) is 9.31. The van der Waals surface area contributed by atoms with Crippen molar-refractivity contribution in [1.29, 1.82) is 0 Å². The van der Waals surface area contributed by atoms with Crippen LogP contribution in [0.25, 0.3) is 11.5 Å². The van der Waals surface area contributed by atoms with Gasteiger partial charge < -0.3 is 9.84 Å². The molecule has 0 unspecified atom stereocenters. The van der Waals surface area contributed by atoms with E-state index in [4.69, 9.17) is 4.52 Å². The second-order valence-electron chi connectivity index (χ2n) is 4.55. The van der Waals surface area contributed by atoms with Gasteiger partial charge in [-0.05, 0) is 24.3 Å². The van der Waals surface area contributed by atoms with E-state index < -0.39 is 0 Å². The van der Waals surface area contributed by atoms with Gasteiger partial charge in [-0.15, -0.1) is 0 Å². The van der Waals surface area contributed by atoms with Crippen LogP contribution in [0.1, 0.15) is 5.82 Å². The Bertz CT molecular complexity index is 534. The fraction of sp³-hybridized carbons (Fsp3) is 0.385. The van der Waals surface area contributed by atoms with Crippen LogP contribution in [0.4, 0.5) is 0 Å². The van der Waals surface area contributed by atoms with E-state index in [0.717, 1.165) is 48.6 Å². The summed E-state index contributed by atoms with van der Waals surface area (Å²) >= 11 is 3.41. The van der Waals surface area contributed by atoms with Crippen LogP contribution in [0, 0.1) is 0 Å². The lowest BCUT2D eigenvalue weighted by Crippen LogP contribution is -2.43.